The first-order valence-electron chi connectivity index (χ1n) is 5.05. The molecule has 0 heterocycles. The summed E-state index contributed by atoms with van der Waals surface area (Å²) in [5.74, 6) is -0.0229. The molecule has 0 aromatic heterocycles. The second kappa shape index (κ2) is 5.11. The zero-order valence-electron chi connectivity index (χ0n) is 10.5. The SMILES string of the molecule is CC(CC(=N)N)N(C)S(=O)(=O)NC(C)(C)C. The van der Waals surface area contributed by atoms with Gasteiger partial charge in [0.2, 0.25) is 0 Å². The van der Waals surface area contributed by atoms with Crippen molar-refractivity contribution in [3.63, 3.8) is 0 Å². The van der Waals surface area contributed by atoms with Crippen LogP contribution in [0.2, 0.25) is 0 Å². The minimum Gasteiger partial charge on any atom is -0.388 e. The average Bonchev–Trinajstić information content (AvgIpc) is 1.96. The lowest BCUT2D eigenvalue weighted by molar-refractivity contribution is 0.372. The van der Waals surface area contributed by atoms with Crippen molar-refractivity contribution in [2.24, 2.45) is 5.73 Å². The fourth-order valence-electron chi connectivity index (χ4n) is 1.14. The Labute approximate surface area is 97.9 Å². The highest BCUT2D eigenvalue weighted by Crippen LogP contribution is 2.09. The molecule has 6 nitrogen and oxygen atoms in total. The van der Waals surface area contributed by atoms with Crippen LogP contribution < -0.4 is 10.5 Å². The summed E-state index contributed by atoms with van der Waals surface area (Å²) in [6.45, 7) is 7.03. The highest BCUT2D eigenvalue weighted by molar-refractivity contribution is 7.87. The van der Waals surface area contributed by atoms with Crippen molar-refractivity contribution in [2.45, 2.75) is 45.7 Å². The lowest BCUT2D eigenvalue weighted by Crippen LogP contribution is -2.50. The van der Waals surface area contributed by atoms with Gasteiger partial charge in [0, 0.05) is 25.0 Å². The molecule has 0 aliphatic rings. The number of nitrogens with one attached hydrogen (secondary N) is 2. The summed E-state index contributed by atoms with van der Waals surface area (Å²) < 4.78 is 27.5. The Hall–Kier alpha value is -0.660. The van der Waals surface area contributed by atoms with Crippen molar-refractivity contribution in [3.8, 4) is 0 Å². The smallest absolute Gasteiger partial charge is 0.279 e. The van der Waals surface area contributed by atoms with Gasteiger partial charge < -0.3 is 5.73 Å². The zero-order valence-corrected chi connectivity index (χ0v) is 11.4. The van der Waals surface area contributed by atoms with Gasteiger partial charge in [-0.25, -0.2) is 0 Å². The molecule has 0 spiro atoms. The van der Waals surface area contributed by atoms with E-state index in [1.54, 1.807) is 27.7 Å². The third kappa shape index (κ3) is 5.43. The number of nitrogens with zero attached hydrogens (tertiary/aromatic N) is 1. The van der Waals surface area contributed by atoms with E-state index in [9.17, 15) is 8.42 Å². The first-order chi connectivity index (χ1) is 6.96. The molecule has 7 heteroatoms. The van der Waals surface area contributed by atoms with Crippen LogP contribution in [0, 0.1) is 5.41 Å². The molecule has 0 fully saturated rings. The monoisotopic (exact) mass is 250 g/mol. The van der Waals surface area contributed by atoms with Gasteiger partial charge in [-0.05, 0) is 27.7 Å². The Bertz CT molecular complexity index is 345. The van der Waals surface area contributed by atoms with Crippen LogP contribution in [0.25, 0.3) is 0 Å². The number of amidine groups is 1. The minimum atomic E-state index is -3.53. The van der Waals surface area contributed by atoms with Crippen LogP contribution in [-0.4, -0.2) is 37.2 Å². The molecule has 0 saturated heterocycles. The van der Waals surface area contributed by atoms with Crippen molar-refractivity contribution in [1.82, 2.24) is 9.03 Å². The molecule has 0 aromatic rings. The molecule has 96 valence electrons. The summed E-state index contributed by atoms with van der Waals surface area (Å²) in [4.78, 5) is 0. The second-order valence-corrected chi connectivity index (χ2v) is 6.68. The Morgan fingerprint density at radius 1 is 1.50 bits per heavy atom. The molecule has 0 amide bonds. The van der Waals surface area contributed by atoms with Crippen LogP contribution in [-0.2, 0) is 10.2 Å². The van der Waals surface area contributed by atoms with Gasteiger partial charge in [-0.3, -0.25) is 5.41 Å². The number of rotatable bonds is 5. The van der Waals surface area contributed by atoms with Crippen LogP contribution in [0.1, 0.15) is 34.1 Å². The molecule has 16 heavy (non-hydrogen) atoms. The summed E-state index contributed by atoms with van der Waals surface area (Å²) in [5, 5.41) is 7.14. The van der Waals surface area contributed by atoms with E-state index in [0.29, 0.717) is 0 Å². The summed E-state index contributed by atoms with van der Waals surface area (Å²) in [6.07, 6.45) is 0.224. The maximum atomic E-state index is 11.9. The molecule has 0 radical (unpaired) electrons. The van der Waals surface area contributed by atoms with Gasteiger partial charge in [0.25, 0.3) is 10.2 Å². The first-order valence-corrected chi connectivity index (χ1v) is 6.49. The number of hydrogen-bond donors (Lipinski definition) is 3. The van der Waals surface area contributed by atoms with Crippen LogP contribution in [0.5, 0.6) is 0 Å². The predicted octanol–water partition coefficient (Wildman–Crippen LogP) is 0.266. The summed E-state index contributed by atoms with van der Waals surface area (Å²) in [6, 6.07) is -0.336. The molecule has 0 bridgehead atoms. The molecular weight excluding hydrogens is 228 g/mol. The lowest BCUT2D eigenvalue weighted by atomic mass is 10.1. The van der Waals surface area contributed by atoms with Crippen molar-refractivity contribution in [2.75, 3.05) is 7.05 Å². The fourth-order valence-corrected chi connectivity index (χ4v) is 2.61. The van der Waals surface area contributed by atoms with Gasteiger partial charge in [-0.1, -0.05) is 0 Å². The van der Waals surface area contributed by atoms with E-state index >= 15 is 0 Å². The highest BCUT2D eigenvalue weighted by atomic mass is 32.2. The molecule has 0 aliphatic carbocycles. The summed E-state index contributed by atoms with van der Waals surface area (Å²) >= 11 is 0. The van der Waals surface area contributed by atoms with Gasteiger partial charge in [0.05, 0.1) is 5.84 Å². The fraction of sp³-hybridized carbons (Fsp3) is 0.889. The first kappa shape index (κ1) is 15.3. The van der Waals surface area contributed by atoms with E-state index in [2.05, 4.69) is 4.72 Å². The van der Waals surface area contributed by atoms with E-state index in [-0.39, 0.29) is 18.3 Å². The number of hydrogen-bond acceptors (Lipinski definition) is 3. The van der Waals surface area contributed by atoms with Gasteiger partial charge >= 0.3 is 0 Å². The maximum Gasteiger partial charge on any atom is 0.279 e. The quantitative estimate of drug-likeness (QED) is 0.482. The van der Waals surface area contributed by atoms with Gasteiger partial charge in [0.15, 0.2) is 0 Å². The molecular formula is C9H22N4O2S. The van der Waals surface area contributed by atoms with Crippen molar-refractivity contribution in [1.29, 1.82) is 5.41 Å². The molecule has 0 aromatic carbocycles. The normalized spacial score (nSPS) is 15.1. The number of nitrogens with two attached hydrogens (primary N) is 1. The largest absolute Gasteiger partial charge is 0.388 e. The van der Waals surface area contributed by atoms with Crippen LogP contribution in [0.15, 0.2) is 0 Å². The van der Waals surface area contributed by atoms with Crippen LogP contribution in [0.4, 0.5) is 0 Å². The maximum absolute atomic E-state index is 11.9. The van der Waals surface area contributed by atoms with Crippen LogP contribution >= 0.6 is 0 Å². The average molecular weight is 250 g/mol. The van der Waals surface area contributed by atoms with Crippen LogP contribution in [0.3, 0.4) is 0 Å². The van der Waals surface area contributed by atoms with E-state index in [0.717, 1.165) is 0 Å². The Balaban J connectivity index is 4.70. The minimum absolute atomic E-state index is 0.0229. The van der Waals surface area contributed by atoms with Gasteiger partial charge in [-0.2, -0.15) is 17.4 Å². The molecule has 1 atom stereocenters. The zero-order chi connectivity index (χ0) is 13.1. The van der Waals surface area contributed by atoms with E-state index < -0.39 is 15.7 Å². The topological polar surface area (TPSA) is 99.3 Å². The van der Waals surface area contributed by atoms with Crippen molar-refractivity contribution in [3.05, 3.63) is 0 Å². The highest BCUT2D eigenvalue weighted by Gasteiger charge is 2.27. The Morgan fingerprint density at radius 3 is 2.25 bits per heavy atom. The Kier molecular flexibility index (Phi) is 4.90. The molecule has 4 N–H and O–H groups in total. The van der Waals surface area contributed by atoms with E-state index in [1.165, 1.54) is 11.4 Å². The Morgan fingerprint density at radius 2 is 1.94 bits per heavy atom. The molecule has 0 aliphatic heterocycles. The van der Waals surface area contributed by atoms with Crippen molar-refractivity contribution >= 4 is 16.0 Å². The summed E-state index contributed by atoms with van der Waals surface area (Å²) in [7, 11) is -2.06. The van der Waals surface area contributed by atoms with Crippen molar-refractivity contribution < 1.29 is 8.42 Å². The summed E-state index contributed by atoms with van der Waals surface area (Å²) in [5.41, 5.74) is 4.72. The molecule has 0 rings (SSSR count). The van der Waals surface area contributed by atoms with Gasteiger partial charge in [-0.15, -0.1) is 0 Å². The predicted molar refractivity (Wildman–Crippen MR) is 65.6 cm³/mol. The third-order valence-corrected chi connectivity index (χ3v) is 3.94. The van der Waals surface area contributed by atoms with Gasteiger partial charge in [0.1, 0.15) is 0 Å². The molecule has 0 saturated carbocycles. The second-order valence-electron chi connectivity index (χ2n) is 4.95. The molecule has 1 unspecified atom stereocenters. The standard InChI is InChI=1S/C9H22N4O2S/c1-7(6-8(10)11)13(5)16(14,15)12-9(2,3)4/h7,12H,6H2,1-5H3,(H3,10,11). The van der Waals surface area contributed by atoms with E-state index in [4.69, 9.17) is 11.1 Å². The van der Waals surface area contributed by atoms with E-state index in [1.807, 2.05) is 0 Å². The third-order valence-electron chi connectivity index (χ3n) is 1.95. The lowest BCUT2D eigenvalue weighted by Gasteiger charge is -2.28.